The topological polar surface area (TPSA) is 86.7 Å². The lowest BCUT2D eigenvalue weighted by Gasteiger charge is -2.26. The number of likely N-dealkylation sites (tertiary alicyclic amines) is 1. The number of nitrogens with one attached hydrogen (secondary N) is 1. The van der Waals surface area contributed by atoms with Gasteiger partial charge in [-0.2, -0.15) is 0 Å². The number of urea groups is 1. The van der Waals surface area contributed by atoms with Gasteiger partial charge in [-0.05, 0) is 31.6 Å². The van der Waals surface area contributed by atoms with Crippen LogP contribution in [-0.2, 0) is 9.59 Å². The van der Waals surface area contributed by atoms with Gasteiger partial charge < -0.3 is 10.0 Å². The van der Waals surface area contributed by atoms with Crippen molar-refractivity contribution in [3.05, 3.63) is 0 Å². The Labute approximate surface area is 105 Å². The molecule has 0 radical (unpaired) electrons. The van der Waals surface area contributed by atoms with Crippen LogP contribution < -0.4 is 5.32 Å². The van der Waals surface area contributed by atoms with Gasteiger partial charge in [0.1, 0.15) is 0 Å². The van der Waals surface area contributed by atoms with Crippen molar-refractivity contribution in [2.75, 3.05) is 6.54 Å². The van der Waals surface area contributed by atoms with Crippen molar-refractivity contribution >= 4 is 17.9 Å². The highest BCUT2D eigenvalue weighted by Crippen LogP contribution is 2.37. The molecule has 6 heteroatoms. The van der Waals surface area contributed by atoms with E-state index in [1.165, 1.54) is 6.42 Å². The number of amides is 3. The molecule has 6 nitrogen and oxygen atoms in total. The average molecular weight is 254 g/mol. The lowest BCUT2D eigenvalue weighted by Crippen LogP contribution is -2.46. The average Bonchev–Trinajstić information content (AvgIpc) is 2.89. The number of hydrogen-bond acceptors (Lipinski definition) is 3. The first kappa shape index (κ1) is 12.9. The van der Waals surface area contributed by atoms with E-state index in [0.717, 1.165) is 19.4 Å². The Balaban J connectivity index is 1.71. The third kappa shape index (κ3) is 3.00. The lowest BCUT2D eigenvalue weighted by molar-refractivity contribution is -0.137. The molecule has 2 bridgehead atoms. The molecule has 0 aromatic carbocycles. The number of aliphatic carboxylic acids is 1. The van der Waals surface area contributed by atoms with Crippen molar-refractivity contribution in [2.45, 2.75) is 44.6 Å². The van der Waals surface area contributed by atoms with Gasteiger partial charge in [-0.1, -0.05) is 0 Å². The molecule has 2 atom stereocenters. The number of carboxylic acid groups (broad SMARTS) is 1. The minimum Gasteiger partial charge on any atom is -0.481 e. The fraction of sp³-hybridized carbons (Fsp3) is 0.750. The van der Waals surface area contributed by atoms with Gasteiger partial charge in [-0.15, -0.1) is 0 Å². The fourth-order valence-corrected chi connectivity index (χ4v) is 2.83. The number of carbonyl (C=O) groups excluding carboxylic acids is 2. The number of carbonyl (C=O) groups is 3. The summed E-state index contributed by atoms with van der Waals surface area (Å²) in [7, 11) is 0. The SMILES string of the molecule is O=C(O)CCCC(=O)NC(=O)N1CC2CCC1C2. The first-order valence-electron chi connectivity index (χ1n) is 6.38. The normalized spacial score (nSPS) is 25.2. The van der Waals surface area contributed by atoms with Crippen LogP contribution in [0.15, 0.2) is 0 Å². The van der Waals surface area contributed by atoms with Crippen molar-refractivity contribution in [2.24, 2.45) is 5.92 Å². The molecule has 2 aliphatic rings. The van der Waals surface area contributed by atoms with E-state index < -0.39 is 5.97 Å². The minimum absolute atomic E-state index is 0.0456. The standard InChI is InChI=1S/C12H18N2O4/c15-10(2-1-3-11(16)17)13-12(18)14-7-8-4-5-9(14)6-8/h8-9H,1-7H2,(H,16,17)(H,13,15,18). The van der Waals surface area contributed by atoms with E-state index in [9.17, 15) is 14.4 Å². The van der Waals surface area contributed by atoms with Crippen molar-refractivity contribution in [3.63, 3.8) is 0 Å². The molecule has 2 N–H and O–H groups in total. The van der Waals surface area contributed by atoms with Crippen LogP contribution in [0.4, 0.5) is 4.79 Å². The zero-order chi connectivity index (χ0) is 13.1. The molecular weight excluding hydrogens is 236 g/mol. The highest BCUT2D eigenvalue weighted by atomic mass is 16.4. The molecule has 1 heterocycles. The molecule has 1 saturated carbocycles. The lowest BCUT2D eigenvalue weighted by atomic mass is 10.1. The zero-order valence-electron chi connectivity index (χ0n) is 10.2. The summed E-state index contributed by atoms with van der Waals surface area (Å²) >= 11 is 0. The summed E-state index contributed by atoms with van der Waals surface area (Å²) in [5.41, 5.74) is 0. The van der Waals surface area contributed by atoms with E-state index in [1.54, 1.807) is 4.90 Å². The molecule has 1 saturated heterocycles. The van der Waals surface area contributed by atoms with Crippen molar-refractivity contribution in [3.8, 4) is 0 Å². The number of fused-ring (bicyclic) bond motifs is 2. The summed E-state index contributed by atoms with van der Waals surface area (Å²) in [5, 5.41) is 10.8. The number of carboxylic acids is 1. The number of rotatable bonds is 4. The van der Waals surface area contributed by atoms with Gasteiger partial charge >= 0.3 is 12.0 Å². The van der Waals surface area contributed by atoms with E-state index in [2.05, 4.69) is 5.32 Å². The van der Waals surface area contributed by atoms with Crippen LogP contribution >= 0.6 is 0 Å². The van der Waals surface area contributed by atoms with Gasteiger partial charge in [0.25, 0.3) is 0 Å². The molecule has 0 aromatic rings. The van der Waals surface area contributed by atoms with Gasteiger partial charge in [0.15, 0.2) is 0 Å². The Morgan fingerprint density at radius 2 is 2.00 bits per heavy atom. The van der Waals surface area contributed by atoms with Crippen LogP contribution in [0.5, 0.6) is 0 Å². The van der Waals surface area contributed by atoms with Crippen LogP contribution in [0.1, 0.15) is 38.5 Å². The van der Waals surface area contributed by atoms with Crippen LogP contribution in [-0.4, -0.2) is 40.5 Å². The Kier molecular flexibility index (Phi) is 3.84. The van der Waals surface area contributed by atoms with E-state index in [-0.39, 0.29) is 31.2 Å². The predicted octanol–water partition coefficient (Wildman–Crippen LogP) is 0.962. The highest BCUT2D eigenvalue weighted by molar-refractivity contribution is 5.94. The molecule has 18 heavy (non-hydrogen) atoms. The molecule has 0 aromatic heterocycles. The van der Waals surface area contributed by atoms with Crippen LogP contribution in [0, 0.1) is 5.92 Å². The third-order valence-electron chi connectivity index (χ3n) is 3.71. The van der Waals surface area contributed by atoms with Crippen molar-refractivity contribution in [1.82, 2.24) is 10.2 Å². The Morgan fingerprint density at radius 1 is 1.22 bits per heavy atom. The quantitative estimate of drug-likeness (QED) is 0.782. The summed E-state index contributed by atoms with van der Waals surface area (Å²) in [6.07, 6.45) is 3.57. The first-order chi connectivity index (χ1) is 8.56. The molecule has 2 rings (SSSR count). The van der Waals surface area contributed by atoms with Crippen molar-refractivity contribution < 1.29 is 19.5 Å². The summed E-state index contributed by atoms with van der Waals surface area (Å²) in [4.78, 5) is 35.3. The summed E-state index contributed by atoms with van der Waals surface area (Å²) in [5.74, 6) is -0.710. The molecular formula is C12H18N2O4. The molecule has 100 valence electrons. The van der Waals surface area contributed by atoms with Crippen LogP contribution in [0.25, 0.3) is 0 Å². The summed E-state index contributed by atoms with van der Waals surface area (Å²) in [6, 6.07) is -0.0238. The number of nitrogens with zero attached hydrogens (tertiary/aromatic N) is 1. The second kappa shape index (κ2) is 5.37. The maximum Gasteiger partial charge on any atom is 0.324 e. The number of hydrogen-bond donors (Lipinski definition) is 2. The minimum atomic E-state index is -0.925. The fourth-order valence-electron chi connectivity index (χ4n) is 2.83. The highest BCUT2D eigenvalue weighted by Gasteiger charge is 2.40. The van der Waals surface area contributed by atoms with Crippen molar-refractivity contribution in [1.29, 1.82) is 0 Å². The first-order valence-corrected chi connectivity index (χ1v) is 6.38. The Bertz CT molecular complexity index is 369. The van der Waals surface area contributed by atoms with Crippen LogP contribution in [0.2, 0.25) is 0 Å². The molecule has 3 amide bonds. The Morgan fingerprint density at radius 3 is 2.56 bits per heavy atom. The molecule has 2 fully saturated rings. The summed E-state index contributed by atoms with van der Waals surface area (Å²) < 4.78 is 0. The number of piperidine rings is 1. The zero-order valence-corrected chi connectivity index (χ0v) is 10.2. The maximum atomic E-state index is 11.8. The van der Waals surface area contributed by atoms with Gasteiger partial charge in [-0.25, -0.2) is 4.79 Å². The van der Waals surface area contributed by atoms with Gasteiger partial charge in [0.05, 0.1) is 0 Å². The molecule has 1 aliphatic heterocycles. The maximum absolute atomic E-state index is 11.8. The van der Waals surface area contributed by atoms with E-state index in [4.69, 9.17) is 5.11 Å². The third-order valence-corrected chi connectivity index (χ3v) is 3.71. The Hall–Kier alpha value is -1.59. The number of imide groups is 1. The molecule has 2 unspecified atom stereocenters. The van der Waals surface area contributed by atoms with E-state index in [1.807, 2.05) is 0 Å². The summed E-state index contributed by atoms with van der Waals surface area (Å²) in [6.45, 7) is 0.749. The predicted molar refractivity (Wildman–Crippen MR) is 62.9 cm³/mol. The van der Waals surface area contributed by atoms with Gasteiger partial charge in [0, 0.05) is 25.4 Å². The second-order valence-corrected chi connectivity index (χ2v) is 5.09. The monoisotopic (exact) mass is 254 g/mol. The molecule has 1 aliphatic carbocycles. The molecule has 0 spiro atoms. The van der Waals surface area contributed by atoms with E-state index >= 15 is 0 Å². The second-order valence-electron chi connectivity index (χ2n) is 5.09. The van der Waals surface area contributed by atoms with E-state index in [0.29, 0.717) is 12.0 Å². The largest absolute Gasteiger partial charge is 0.481 e. The van der Waals surface area contributed by atoms with Gasteiger partial charge in [0.2, 0.25) is 5.91 Å². The van der Waals surface area contributed by atoms with Crippen LogP contribution in [0.3, 0.4) is 0 Å². The smallest absolute Gasteiger partial charge is 0.324 e. The van der Waals surface area contributed by atoms with Gasteiger partial charge in [-0.3, -0.25) is 14.9 Å².